The van der Waals surface area contributed by atoms with Gasteiger partial charge in [-0.1, -0.05) is 261 Å². The fraction of sp³-hybridized carbons (Fsp3) is 0.267. The van der Waals surface area contributed by atoms with Crippen LogP contribution in [0.3, 0.4) is 0 Å². The van der Waals surface area contributed by atoms with Crippen molar-refractivity contribution in [2.75, 3.05) is 9.80 Å². The predicted octanol–water partition coefficient (Wildman–Crippen LogP) is 22.8. The fourth-order valence-corrected chi connectivity index (χ4v) is 16.7. The minimum atomic E-state index is -0.103. The molecule has 0 fully saturated rings. The molecule has 4 heteroatoms. The maximum atomic E-state index is 2.62. The third kappa shape index (κ3) is 9.74. The lowest BCUT2D eigenvalue weighted by molar-refractivity contribution is 0.332. The molecule has 0 saturated heterocycles. The molecule has 4 aliphatic rings. The summed E-state index contributed by atoms with van der Waals surface area (Å²) in [6.45, 7) is 33.2. The Balaban J connectivity index is 0.947. The molecule has 466 valence electrons. The molecule has 0 N–H and O–H groups in total. The molecule has 12 aromatic rings. The Morgan fingerprint density at radius 2 is 0.628 bits per heavy atom. The molecule has 16 rings (SSSR count). The normalized spacial score (nSPS) is 16.5. The van der Waals surface area contributed by atoms with Crippen LogP contribution in [0.4, 0.5) is 34.1 Å². The van der Waals surface area contributed by atoms with E-state index < -0.39 is 0 Å². The molecule has 2 aliphatic heterocycles. The summed E-state index contributed by atoms with van der Waals surface area (Å²) in [5.74, 6) is 0. The van der Waals surface area contributed by atoms with E-state index in [1.54, 1.807) is 0 Å². The Kier molecular flexibility index (Phi) is 13.5. The zero-order valence-corrected chi connectivity index (χ0v) is 57.7. The van der Waals surface area contributed by atoms with Crippen LogP contribution in [0, 0.1) is 0 Å². The number of hydrogen-bond donors (Lipinski definition) is 0. The van der Waals surface area contributed by atoms with Gasteiger partial charge in [-0.15, -0.1) is 0 Å². The van der Waals surface area contributed by atoms with Crippen LogP contribution in [-0.4, -0.2) is 11.3 Å². The molecular weight excluding hydrogens is 1130 g/mol. The molecule has 0 spiro atoms. The van der Waals surface area contributed by atoms with Gasteiger partial charge in [-0.2, -0.15) is 0 Å². The van der Waals surface area contributed by atoms with Crippen molar-refractivity contribution < 1.29 is 0 Å². The highest BCUT2D eigenvalue weighted by molar-refractivity contribution is 7.00. The molecule has 94 heavy (non-hydrogen) atoms. The first-order valence-corrected chi connectivity index (χ1v) is 34.6. The SMILES string of the molecule is CC(C)(C)c1ccc(-c2ccc3c(c2)N(c2ccc(-c4ccc5c(c4)C(C)(C)CCC5(C)C)cc2)c2cc(-c4ccc(C(C)(C)C)cc4)cc4c2B3c2ccc(-n3c5ccccc5c5ccccc53)cc2N4c2ccc(-c3ccc4c(c3)C(C)(C)CCC4(C)C)cc2)cc1. The Morgan fingerprint density at radius 1 is 0.298 bits per heavy atom. The van der Waals surface area contributed by atoms with E-state index in [9.17, 15) is 0 Å². The summed E-state index contributed by atoms with van der Waals surface area (Å²) in [6.07, 6.45) is 4.75. The van der Waals surface area contributed by atoms with Crippen LogP contribution in [0.1, 0.15) is 156 Å². The van der Waals surface area contributed by atoms with E-state index in [1.165, 1.54) is 165 Å². The first-order valence-electron chi connectivity index (χ1n) is 34.6. The number of nitrogens with zero attached hydrogens (tertiary/aromatic N) is 3. The second-order valence-electron chi connectivity index (χ2n) is 32.7. The summed E-state index contributed by atoms with van der Waals surface area (Å²) in [7, 11) is 0. The van der Waals surface area contributed by atoms with Crippen molar-refractivity contribution in [3.05, 3.63) is 264 Å². The lowest BCUT2D eigenvalue weighted by Crippen LogP contribution is -2.61. The van der Waals surface area contributed by atoms with Gasteiger partial charge in [0, 0.05) is 50.6 Å². The predicted molar refractivity (Wildman–Crippen MR) is 405 cm³/mol. The Bertz CT molecular complexity index is 4960. The highest BCUT2D eigenvalue weighted by Crippen LogP contribution is 2.52. The van der Waals surface area contributed by atoms with Gasteiger partial charge in [0.2, 0.25) is 0 Å². The first-order chi connectivity index (χ1) is 44.8. The molecule has 1 aromatic heterocycles. The van der Waals surface area contributed by atoms with E-state index in [1.807, 2.05) is 0 Å². The number of rotatable bonds is 7. The van der Waals surface area contributed by atoms with E-state index in [0.717, 1.165) is 17.1 Å². The van der Waals surface area contributed by atoms with Crippen molar-refractivity contribution in [1.29, 1.82) is 0 Å². The van der Waals surface area contributed by atoms with Crippen LogP contribution in [0.2, 0.25) is 0 Å². The summed E-state index contributed by atoms with van der Waals surface area (Å²) < 4.78 is 2.49. The monoisotopic (exact) mass is 1220 g/mol. The Hall–Kier alpha value is -9.12. The second-order valence-corrected chi connectivity index (χ2v) is 32.7. The van der Waals surface area contributed by atoms with E-state index in [4.69, 9.17) is 0 Å². The maximum absolute atomic E-state index is 2.62. The number of benzene rings is 11. The standard InChI is InChI=1S/C90H88BN3/c1-85(2,3)65-34-23-57(24-35-65)63-33-45-76-80(53-63)92(67-38-27-58(28-39-67)61-31-43-72-74(51-61)89(11,12)49-47-87(72,7)8)82-54-64(60-25-36-66(37-26-60)86(4,5)6)55-83-84(82)91(76)77-46-42-69(94-78-21-17-15-19-70(78)71-20-16-18-22-79(71)94)56-81(77)93(83)68-40-29-59(30-41-68)62-32-44-73-75(52-62)90(13,14)50-48-88(73,9)10/h15-46,51-56H,47-50H2,1-14H3. The van der Waals surface area contributed by atoms with E-state index in [2.05, 4.69) is 342 Å². The number of para-hydroxylation sites is 2. The smallest absolute Gasteiger partial charge is 0.252 e. The summed E-state index contributed by atoms with van der Waals surface area (Å²) >= 11 is 0. The van der Waals surface area contributed by atoms with Gasteiger partial charge in [-0.3, -0.25) is 0 Å². The molecule has 3 nitrogen and oxygen atoms in total. The van der Waals surface area contributed by atoms with Gasteiger partial charge in [0.05, 0.1) is 11.0 Å². The van der Waals surface area contributed by atoms with Gasteiger partial charge in [0.1, 0.15) is 0 Å². The average molecular weight is 1220 g/mol. The van der Waals surface area contributed by atoms with Gasteiger partial charge in [-0.25, -0.2) is 0 Å². The largest absolute Gasteiger partial charge is 0.311 e. The first kappa shape index (κ1) is 59.9. The van der Waals surface area contributed by atoms with Gasteiger partial charge in [0.25, 0.3) is 6.71 Å². The van der Waals surface area contributed by atoms with Gasteiger partial charge >= 0.3 is 0 Å². The summed E-state index contributed by atoms with van der Waals surface area (Å²) in [5, 5.41) is 2.51. The number of fused-ring (bicyclic) bond motifs is 9. The van der Waals surface area contributed by atoms with Gasteiger partial charge in [-0.05, 0) is 219 Å². The van der Waals surface area contributed by atoms with Gasteiger partial charge in [0.15, 0.2) is 0 Å². The number of anilines is 6. The highest BCUT2D eigenvalue weighted by atomic mass is 15.2. The minimum Gasteiger partial charge on any atom is -0.311 e. The van der Waals surface area contributed by atoms with E-state index >= 15 is 0 Å². The molecule has 0 amide bonds. The average Bonchev–Trinajstić information content (AvgIpc) is 0.702. The highest BCUT2D eigenvalue weighted by Gasteiger charge is 2.45. The zero-order valence-electron chi connectivity index (χ0n) is 57.7. The topological polar surface area (TPSA) is 11.4 Å². The molecule has 0 unspecified atom stereocenters. The quantitative estimate of drug-likeness (QED) is 0.147. The molecule has 3 heterocycles. The summed E-state index contributed by atoms with van der Waals surface area (Å²) in [5.41, 5.74) is 33.3. The van der Waals surface area contributed by atoms with Crippen molar-refractivity contribution in [2.24, 2.45) is 0 Å². The molecule has 0 bridgehead atoms. The third-order valence-electron chi connectivity index (χ3n) is 22.7. The summed E-state index contributed by atoms with van der Waals surface area (Å²) in [6, 6.07) is 90.1. The van der Waals surface area contributed by atoms with Crippen molar-refractivity contribution in [1.82, 2.24) is 4.57 Å². The van der Waals surface area contributed by atoms with Crippen LogP contribution >= 0.6 is 0 Å². The Labute approximate surface area is 559 Å². The van der Waals surface area contributed by atoms with E-state index in [-0.39, 0.29) is 39.2 Å². The second kappa shape index (κ2) is 21.2. The molecule has 2 aliphatic carbocycles. The molecule has 0 saturated carbocycles. The van der Waals surface area contributed by atoms with E-state index in [0.29, 0.717) is 0 Å². The van der Waals surface area contributed by atoms with Crippen molar-refractivity contribution >= 4 is 79.0 Å². The lowest BCUT2D eigenvalue weighted by atomic mass is 9.33. The molecule has 0 radical (unpaired) electrons. The van der Waals surface area contributed by atoms with Crippen LogP contribution in [0.15, 0.2) is 231 Å². The zero-order chi connectivity index (χ0) is 65.2. The third-order valence-corrected chi connectivity index (χ3v) is 22.7. The Morgan fingerprint density at radius 3 is 1.06 bits per heavy atom. The minimum absolute atomic E-state index is 0.00355. The number of hydrogen-bond acceptors (Lipinski definition) is 2. The van der Waals surface area contributed by atoms with Crippen LogP contribution in [0.5, 0.6) is 0 Å². The van der Waals surface area contributed by atoms with Crippen molar-refractivity contribution in [3.63, 3.8) is 0 Å². The van der Waals surface area contributed by atoms with Crippen LogP contribution in [-0.2, 0) is 32.5 Å². The lowest BCUT2D eigenvalue weighted by Gasteiger charge is -2.44. The number of aromatic nitrogens is 1. The van der Waals surface area contributed by atoms with Crippen molar-refractivity contribution in [3.8, 4) is 50.2 Å². The molecule has 0 atom stereocenters. The molecule has 11 aromatic carbocycles. The van der Waals surface area contributed by atoms with Crippen LogP contribution < -0.4 is 26.2 Å². The van der Waals surface area contributed by atoms with Gasteiger partial charge < -0.3 is 14.4 Å². The summed E-state index contributed by atoms with van der Waals surface area (Å²) in [4.78, 5) is 5.23. The molecular formula is C90H88BN3. The van der Waals surface area contributed by atoms with Crippen molar-refractivity contribution in [2.45, 2.75) is 155 Å². The van der Waals surface area contributed by atoms with Crippen LogP contribution in [0.25, 0.3) is 72.0 Å². The fourth-order valence-electron chi connectivity index (χ4n) is 16.7. The maximum Gasteiger partial charge on any atom is 0.252 e.